The summed E-state index contributed by atoms with van der Waals surface area (Å²) in [6.07, 6.45) is 3.87. The van der Waals surface area contributed by atoms with Crippen LogP contribution in [0, 0.1) is 11.3 Å². The van der Waals surface area contributed by atoms with Gasteiger partial charge in [0.15, 0.2) is 0 Å². The lowest BCUT2D eigenvalue weighted by Gasteiger charge is -2.25. The molecule has 2 saturated heterocycles. The number of anilines is 2. The Kier molecular flexibility index (Phi) is 3.31. The van der Waals surface area contributed by atoms with Crippen LogP contribution in [-0.4, -0.2) is 37.1 Å². The van der Waals surface area contributed by atoms with Crippen LogP contribution in [0.4, 0.5) is 11.4 Å². The van der Waals surface area contributed by atoms with Crippen LogP contribution in [0.25, 0.3) is 0 Å². The maximum absolute atomic E-state index is 9.24. The molecule has 100 valence electrons. The summed E-state index contributed by atoms with van der Waals surface area (Å²) >= 11 is 0. The third kappa shape index (κ3) is 2.39. The van der Waals surface area contributed by atoms with Crippen LogP contribution in [0.15, 0.2) is 18.2 Å². The fourth-order valence-electron chi connectivity index (χ4n) is 3.28. The molecule has 1 aromatic rings. The van der Waals surface area contributed by atoms with Crippen LogP contribution in [0.5, 0.6) is 0 Å². The number of likely N-dealkylation sites (tertiary alicyclic amines) is 1. The standard InChI is InChI=1S/C15H20N4/c16-10-12-9-13(17)3-4-15(12)19-8-5-14(11-19)18-6-1-2-7-18/h3-4,9,14H,1-2,5-8,11,17H2. The monoisotopic (exact) mass is 256 g/mol. The first kappa shape index (κ1) is 12.3. The Morgan fingerprint density at radius 2 is 2.00 bits per heavy atom. The molecule has 4 heteroatoms. The van der Waals surface area contributed by atoms with Crippen LogP contribution >= 0.6 is 0 Å². The van der Waals surface area contributed by atoms with E-state index in [1.165, 1.54) is 32.4 Å². The second-order valence-corrected chi connectivity index (χ2v) is 5.52. The summed E-state index contributed by atoms with van der Waals surface area (Å²) in [6.45, 7) is 4.56. The lowest BCUT2D eigenvalue weighted by molar-refractivity contribution is 0.260. The Labute approximate surface area is 114 Å². The molecule has 0 bridgehead atoms. The van der Waals surface area contributed by atoms with E-state index < -0.39 is 0 Å². The number of nitriles is 1. The predicted molar refractivity (Wildman–Crippen MR) is 77.0 cm³/mol. The minimum Gasteiger partial charge on any atom is -0.399 e. The number of hydrogen-bond acceptors (Lipinski definition) is 4. The minimum atomic E-state index is 0.659. The van der Waals surface area contributed by atoms with Crippen molar-refractivity contribution in [3.05, 3.63) is 23.8 Å². The van der Waals surface area contributed by atoms with E-state index in [-0.39, 0.29) is 0 Å². The van der Waals surface area contributed by atoms with Gasteiger partial charge in [0.2, 0.25) is 0 Å². The highest BCUT2D eigenvalue weighted by atomic mass is 15.3. The molecular weight excluding hydrogens is 236 g/mol. The zero-order valence-corrected chi connectivity index (χ0v) is 11.2. The van der Waals surface area contributed by atoms with Gasteiger partial charge in [0.25, 0.3) is 0 Å². The SMILES string of the molecule is N#Cc1cc(N)ccc1N1CCC(N2CCCC2)C1. The van der Waals surface area contributed by atoms with E-state index in [0.29, 0.717) is 17.3 Å². The zero-order chi connectivity index (χ0) is 13.2. The van der Waals surface area contributed by atoms with E-state index in [2.05, 4.69) is 15.9 Å². The molecule has 2 aliphatic rings. The molecule has 2 N–H and O–H groups in total. The third-order valence-electron chi connectivity index (χ3n) is 4.30. The molecule has 2 aliphatic heterocycles. The number of benzene rings is 1. The van der Waals surface area contributed by atoms with E-state index >= 15 is 0 Å². The molecule has 3 rings (SSSR count). The molecule has 0 aliphatic carbocycles. The van der Waals surface area contributed by atoms with Crippen molar-refractivity contribution in [2.45, 2.75) is 25.3 Å². The number of rotatable bonds is 2. The maximum Gasteiger partial charge on any atom is 0.101 e. The lowest BCUT2D eigenvalue weighted by Crippen LogP contribution is -2.35. The Balaban J connectivity index is 1.75. The van der Waals surface area contributed by atoms with E-state index in [4.69, 9.17) is 5.73 Å². The van der Waals surface area contributed by atoms with Gasteiger partial charge < -0.3 is 10.6 Å². The summed E-state index contributed by atoms with van der Waals surface area (Å²) in [7, 11) is 0. The van der Waals surface area contributed by atoms with Gasteiger partial charge in [0, 0.05) is 24.8 Å². The van der Waals surface area contributed by atoms with Crippen molar-refractivity contribution in [2.24, 2.45) is 0 Å². The highest BCUT2D eigenvalue weighted by Crippen LogP contribution is 2.28. The van der Waals surface area contributed by atoms with Crippen LogP contribution in [0.1, 0.15) is 24.8 Å². The first-order valence-corrected chi connectivity index (χ1v) is 7.06. The predicted octanol–water partition coefficient (Wildman–Crippen LogP) is 1.81. The molecule has 0 aromatic heterocycles. The van der Waals surface area contributed by atoms with Crippen molar-refractivity contribution in [3.8, 4) is 6.07 Å². The molecule has 4 nitrogen and oxygen atoms in total. The van der Waals surface area contributed by atoms with Gasteiger partial charge in [0.05, 0.1) is 11.3 Å². The van der Waals surface area contributed by atoms with E-state index in [9.17, 15) is 5.26 Å². The number of nitrogens with zero attached hydrogens (tertiary/aromatic N) is 3. The molecule has 0 spiro atoms. The summed E-state index contributed by atoms with van der Waals surface area (Å²) < 4.78 is 0. The van der Waals surface area contributed by atoms with Gasteiger partial charge in [-0.05, 0) is 50.6 Å². The Bertz CT molecular complexity index is 499. The molecule has 1 atom stereocenters. The normalized spacial score (nSPS) is 23.7. The fraction of sp³-hybridized carbons (Fsp3) is 0.533. The van der Waals surface area contributed by atoms with Gasteiger partial charge in [-0.25, -0.2) is 0 Å². The van der Waals surface area contributed by atoms with Crippen LogP contribution in [0.2, 0.25) is 0 Å². The third-order valence-corrected chi connectivity index (χ3v) is 4.30. The molecule has 0 saturated carbocycles. The van der Waals surface area contributed by atoms with Crippen LogP contribution in [-0.2, 0) is 0 Å². The number of hydrogen-bond donors (Lipinski definition) is 1. The molecule has 1 aromatic carbocycles. The van der Waals surface area contributed by atoms with Crippen molar-refractivity contribution < 1.29 is 0 Å². The van der Waals surface area contributed by atoms with E-state index in [0.717, 1.165) is 18.8 Å². The average Bonchev–Trinajstić information content (AvgIpc) is 3.09. The van der Waals surface area contributed by atoms with Crippen molar-refractivity contribution in [3.63, 3.8) is 0 Å². The highest BCUT2D eigenvalue weighted by molar-refractivity contribution is 5.64. The highest BCUT2D eigenvalue weighted by Gasteiger charge is 2.30. The summed E-state index contributed by atoms with van der Waals surface area (Å²) in [5, 5.41) is 9.24. The van der Waals surface area contributed by atoms with Gasteiger partial charge in [-0.2, -0.15) is 5.26 Å². The number of nitrogen functional groups attached to an aromatic ring is 1. The van der Waals surface area contributed by atoms with Gasteiger partial charge >= 0.3 is 0 Å². The van der Waals surface area contributed by atoms with Crippen LogP contribution < -0.4 is 10.6 Å². The molecule has 2 fully saturated rings. The van der Waals surface area contributed by atoms with Crippen molar-refractivity contribution >= 4 is 11.4 Å². The molecule has 0 radical (unpaired) electrons. The molecule has 19 heavy (non-hydrogen) atoms. The number of nitrogens with two attached hydrogens (primary N) is 1. The minimum absolute atomic E-state index is 0.659. The zero-order valence-electron chi connectivity index (χ0n) is 11.2. The van der Waals surface area contributed by atoms with Crippen LogP contribution in [0.3, 0.4) is 0 Å². The smallest absolute Gasteiger partial charge is 0.101 e. The van der Waals surface area contributed by atoms with Crippen molar-refractivity contribution in [1.82, 2.24) is 4.90 Å². The van der Waals surface area contributed by atoms with Crippen molar-refractivity contribution in [2.75, 3.05) is 36.8 Å². The quantitative estimate of drug-likeness (QED) is 0.820. The van der Waals surface area contributed by atoms with Crippen molar-refractivity contribution in [1.29, 1.82) is 5.26 Å². The lowest BCUT2D eigenvalue weighted by atomic mass is 10.1. The van der Waals surface area contributed by atoms with E-state index in [1.54, 1.807) is 6.07 Å². The largest absolute Gasteiger partial charge is 0.399 e. The average molecular weight is 256 g/mol. The Morgan fingerprint density at radius 1 is 1.21 bits per heavy atom. The summed E-state index contributed by atoms with van der Waals surface area (Å²) in [4.78, 5) is 4.93. The second kappa shape index (κ2) is 5.10. The Morgan fingerprint density at radius 3 is 2.74 bits per heavy atom. The molecule has 1 unspecified atom stereocenters. The first-order chi connectivity index (χ1) is 9.28. The maximum atomic E-state index is 9.24. The topological polar surface area (TPSA) is 56.3 Å². The van der Waals surface area contributed by atoms with Gasteiger partial charge in [-0.3, -0.25) is 4.90 Å². The second-order valence-electron chi connectivity index (χ2n) is 5.52. The molecule has 2 heterocycles. The van der Waals surface area contributed by atoms with Gasteiger partial charge in [-0.15, -0.1) is 0 Å². The summed E-state index contributed by atoms with van der Waals surface area (Å²) in [6, 6.07) is 8.57. The first-order valence-electron chi connectivity index (χ1n) is 7.06. The van der Waals surface area contributed by atoms with E-state index in [1.807, 2.05) is 12.1 Å². The Hall–Kier alpha value is -1.73. The summed E-state index contributed by atoms with van der Waals surface area (Å²) in [5.74, 6) is 0. The van der Waals surface area contributed by atoms with Gasteiger partial charge in [0.1, 0.15) is 6.07 Å². The summed E-state index contributed by atoms with van der Waals surface area (Å²) in [5.41, 5.74) is 8.15. The fourth-order valence-corrected chi connectivity index (χ4v) is 3.28. The molecule has 0 amide bonds. The van der Waals surface area contributed by atoms with Gasteiger partial charge in [-0.1, -0.05) is 0 Å². The molecular formula is C15H20N4.